The molecule has 0 amide bonds. The first-order valence-electron chi connectivity index (χ1n) is 8.80. The van der Waals surface area contributed by atoms with Gasteiger partial charge in [0.1, 0.15) is 0 Å². The molecular weight excluding hydrogens is 326 g/mol. The Morgan fingerprint density at radius 3 is 2.42 bits per heavy atom. The summed E-state index contributed by atoms with van der Waals surface area (Å²) in [5.41, 5.74) is 1.08. The van der Waals surface area contributed by atoms with Gasteiger partial charge in [0.2, 0.25) is 0 Å². The molecule has 0 aliphatic carbocycles. The van der Waals surface area contributed by atoms with Crippen LogP contribution in [0, 0.1) is 0 Å². The molecule has 6 heteroatoms. The zero-order valence-electron chi connectivity index (χ0n) is 14.3. The van der Waals surface area contributed by atoms with Crippen LogP contribution in [0.4, 0.5) is 5.69 Å². The van der Waals surface area contributed by atoms with Crippen LogP contribution < -0.4 is 4.90 Å². The smallest absolute Gasteiger partial charge is 0.175 e. The van der Waals surface area contributed by atoms with Gasteiger partial charge in [0, 0.05) is 31.6 Å². The van der Waals surface area contributed by atoms with Crippen molar-refractivity contribution in [2.45, 2.75) is 49.2 Å². The Labute approximate surface area is 144 Å². The third-order valence-corrected chi connectivity index (χ3v) is 5.99. The van der Waals surface area contributed by atoms with E-state index in [9.17, 15) is 8.42 Å². The van der Waals surface area contributed by atoms with E-state index in [1.807, 2.05) is 12.1 Å². The van der Waals surface area contributed by atoms with Gasteiger partial charge in [0.25, 0.3) is 0 Å². The van der Waals surface area contributed by atoms with Gasteiger partial charge in [-0.25, -0.2) is 8.42 Å². The maximum Gasteiger partial charge on any atom is 0.175 e. The molecule has 2 aliphatic heterocycles. The topological polar surface area (TPSA) is 55.8 Å². The molecule has 5 nitrogen and oxygen atoms in total. The van der Waals surface area contributed by atoms with Gasteiger partial charge in [0.05, 0.1) is 23.7 Å². The summed E-state index contributed by atoms with van der Waals surface area (Å²) in [6, 6.07) is 7.17. The van der Waals surface area contributed by atoms with Gasteiger partial charge >= 0.3 is 0 Å². The molecule has 134 valence electrons. The Morgan fingerprint density at radius 2 is 1.83 bits per heavy atom. The molecule has 0 saturated carbocycles. The average Bonchev–Trinajstić information content (AvgIpc) is 2.61. The molecule has 0 spiro atoms. The minimum absolute atomic E-state index is 0.278. The summed E-state index contributed by atoms with van der Waals surface area (Å²) >= 11 is 0. The lowest BCUT2D eigenvalue weighted by molar-refractivity contribution is -0.0672. The van der Waals surface area contributed by atoms with Crippen LogP contribution in [0.3, 0.4) is 0 Å². The number of piperidine rings is 1. The third-order valence-electron chi connectivity index (χ3n) is 4.86. The van der Waals surface area contributed by atoms with Gasteiger partial charge in [-0.05, 0) is 56.4 Å². The maximum absolute atomic E-state index is 11.5. The van der Waals surface area contributed by atoms with E-state index in [2.05, 4.69) is 4.90 Å². The normalized spacial score (nSPS) is 23.4. The monoisotopic (exact) mass is 353 g/mol. The summed E-state index contributed by atoms with van der Waals surface area (Å²) in [4.78, 5) is 2.67. The van der Waals surface area contributed by atoms with Crippen molar-refractivity contribution in [3.8, 4) is 0 Å². The molecule has 0 aromatic heterocycles. The number of hydrogen-bond acceptors (Lipinski definition) is 5. The van der Waals surface area contributed by atoms with E-state index in [0.29, 0.717) is 17.6 Å². The molecule has 1 aromatic rings. The standard InChI is InChI=1S/C18H27NO4S/c1-24(20,21)18-7-5-15(6-8-18)19-11-9-16(10-12-19)23-14-17-4-2-3-13-22-17/h5-8,16-17H,2-4,9-14H2,1H3. The highest BCUT2D eigenvalue weighted by atomic mass is 32.2. The first kappa shape index (κ1) is 17.7. The molecule has 2 fully saturated rings. The largest absolute Gasteiger partial charge is 0.376 e. The molecule has 1 atom stereocenters. The third kappa shape index (κ3) is 4.71. The van der Waals surface area contributed by atoms with Crippen LogP contribution in [-0.4, -0.2) is 53.2 Å². The molecule has 0 bridgehead atoms. The minimum Gasteiger partial charge on any atom is -0.376 e. The van der Waals surface area contributed by atoms with E-state index in [1.165, 1.54) is 19.1 Å². The molecule has 3 rings (SSSR count). The fraction of sp³-hybridized carbons (Fsp3) is 0.667. The summed E-state index contributed by atoms with van der Waals surface area (Å²) in [5, 5.41) is 0. The first-order valence-corrected chi connectivity index (χ1v) is 10.7. The fourth-order valence-electron chi connectivity index (χ4n) is 3.37. The first-order chi connectivity index (χ1) is 11.5. The minimum atomic E-state index is -3.13. The Kier molecular flexibility index (Phi) is 5.79. The lowest BCUT2D eigenvalue weighted by Crippen LogP contribution is -2.38. The number of sulfone groups is 1. The van der Waals surface area contributed by atoms with Crippen molar-refractivity contribution >= 4 is 15.5 Å². The molecule has 0 radical (unpaired) electrons. The van der Waals surface area contributed by atoms with Crippen LogP contribution in [0.1, 0.15) is 32.1 Å². The van der Waals surface area contributed by atoms with Crippen molar-refractivity contribution in [2.75, 3.05) is 37.5 Å². The van der Waals surface area contributed by atoms with Crippen molar-refractivity contribution in [3.05, 3.63) is 24.3 Å². The van der Waals surface area contributed by atoms with E-state index in [4.69, 9.17) is 9.47 Å². The highest BCUT2D eigenvalue weighted by Crippen LogP contribution is 2.24. The number of ether oxygens (including phenoxy) is 2. The van der Waals surface area contributed by atoms with Crippen molar-refractivity contribution < 1.29 is 17.9 Å². The zero-order valence-corrected chi connectivity index (χ0v) is 15.1. The van der Waals surface area contributed by atoms with Crippen LogP contribution in [0.2, 0.25) is 0 Å². The van der Waals surface area contributed by atoms with Crippen LogP contribution in [0.15, 0.2) is 29.2 Å². The van der Waals surface area contributed by atoms with E-state index in [-0.39, 0.29) is 6.10 Å². The number of benzene rings is 1. The van der Waals surface area contributed by atoms with Gasteiger partial charge in [-0.15, -0.1) is 0 Å². The molecule has 2 heterocycles. The predicted octanol–water partition coefficient (Wildman–Crippen LogP) is 2.64. The van der Waals surface area contributed by atoms with Crippen LogP contribution in [0.5, 0.6) is 0 Å². The second-order valence-corrected chi connectivity index (χ2v) is 8.79. The van der Waals surface area contributed by atoms with Crippen LogP contribution >= 0.6 is 0 Å². The van der Waals surface area contributed by atoms with Gasteiger partial charge in [-0.1, -0.05) is 0 Å². The summed E-state index contributed by atoms with van der Waals surface area (Å²) in [7, 11) is -3.13. The molecule has 2 saturated heterocycles. The van der Waals surface area contributed by atoms with Crippen molar-refractivity contribution in [1.29, 1.82) is 0 Å². The summed E-state index contributed by atoms with van der Waals surface area (Å²) in [6.07, 6.45) is 7.36. The highest BCUT2D eigenvalue weighted by molar-refractivity contribution is 7.90. The summed E-state index contributed by atoms with van der Waals surface area (Å²) in [6.45, 7) is 3.46. The molecular formula is C18H27NO4S. The van der Waals surface area contributed by atoms with Gasteiger partial charge in [0.15, 0.2) is 9.84 Å². The number of nitrogens with zero attached hydrogens (tertiary/aromatic N) is 1. The lowest BCUT2D eigenvalue weighted by Gasteiger charge is -2.34. The number of rotatable bonds is 5. The number of hydrogen-bond donors (Lipinski definition) is 0. The molecule has 1 unspecified atom stereocenters. The highest BCUT2D eigenvalue weighted by Gasteiger charge is 2.22. The Hall–Kier alpha value is -1.11. The summed E-state index contributed by atoms with van der Waals surface area (Å²) in [5.74, 6) is 0. The fourth-order valence-corrected chi connectivity index (χ4v) is 4.00. The Morgan fingerprint density at radius 1 is 1.12 bits per heavy atom. The van der Waals surface area contributed by atoms with E-state index < -0.39 is 9.84 Å². The van der Waals surface area contributed by atoms with Crippen molar-refractivity contribution in [2.24, 2.45) is 0 Å². The molecule has 24 heavy (non-hydrogen) atoms. The van der Waals surface area contributed by atoms with Crippen LogP contribution in [0.25, 0.3) is 0 Å². The molecule has 2 aliphatic rings. The summed E-state index contributed by atoms with van der Waals surface area (Å²) < 4.78 is 34.8. The van der Waals surface area contributed by atoms with E-state index in [0.717, 1.165) is 44.6 Å². The second-order valence-electron chi connectivity index (χ2n) is 6.77. The van der Waals surface area contributed by atoms with Crippen LogP contribution in [-0.2, 0) is 19.3 Å². The van der Waals surface area contributed by atoms with Gasteiger partial charge in [-0.3, -0.25) is 0 Å². The van der Waals surface area contributed by atoms with Crippen molar-refractivity contribution in [3.63, 3.8) is 0 Å². The Balaban J connectivity index is 1.46. The van der Waals surface area contributed by atoms with E-state index >= 15 is 0 Å². The average molecular weight is 353 g/mol. The van der Waals surface area contributed by atoms with E-state index in [1.54, 1.807) is 12.1 Å². The Bertz CT molecular complexity index is 615. The quantitative estimate of drug-likeness (QED) is 0.814. The predicted molar refractivity (Wildman–Crippen MR) is 94.3 cm³/mol. The zero-order chi connectivity index (χ0) is 17.0. The van der Waals surface area contributed by atoms with Gasteiger partial charge in [-0.2, -0.15) is 0 Å². The molecule has 0 N–H and O–H groups in total. The second kappa shape index (κ2) is 7.85. The van der Waals surface area contributed by atoms with Gasteiger partial charge < -0.3 is 14.4 Å². The lowest BCUT2D eigenvalue weighted by atomic mass is 10.1. The van der Waals surface area contributed by atoms with Crippen molar-refractivity contribution in [1.82, 2.24) is 0 Å². The number of anilines is 1. The SMILES string of the molecule is CS(=O)(=O)c1ccc(N2CCC(OCC3CCCCO3)CC2)cc1. The molecule has 1 aromatic carbocycles. The maximum atomic E-state index is 11.5.